The van der Waals surface area contributed by atoms with Crippen LogP contribution in [0.25, 0.3) is 10.8 Å². The van der Waals surface area contributed by atoms with Crippen LogP contribution in [0.15, 0.2) is 42.5 Å². The van der Waals surface area contributed by atoms with Crippen molar-refractivity contribution in [3.63, 3.8) is 0 Å². The summed E-state index contributed by atoms with van der Waals surface area (Å²) in [6.45, 7) is 4.38. The molecule has 0 atom stereocenters. The van der Waals surface area contributed by atoms with Crippen LogP contribution in [-0.4, -0.2) is 42.7 Å². The Labute approximate surface area is 185 Å². The normalized spacial score (nSPS) is 12.8. The first-order valence-electron chi connectivity index (χ1n) is 10.2. The molecule has 0 spiro atoms. The molecule has 1 N–H and O–H groups in total. The number of hydrogen-bond donors (Lipinski definition) is 1. The molecule has 1 aliphatic heterocycles. The molecule has 7 heteroatoms. The fourth-order valence-corrected chi connectivity index (χ4v) is 4.18. The zero-order valence-electron chi connectivity index (χ0n) is 18.0. The van der Waals surface area contributed by atoms with Gasteiger partial charge in [0.25, 0.3) is 24.2 Å². The Balaban J connectivity index is 1.78. The van der Waals surface area contributed by atoms with Crippen LogP contribution in [0.4, 0.5) is 0 Å². The number of aryl methyl sites for hydroxylation is 2. The third-order valence-electron chi connectivity index (χ3n) is 5.70. The summed E-state index contributed by atoms with van der Waals surface area (Å²) in [5.74, 6) is -1.19. The van der Waals surface area contributed by atoms with Crippen molar-refractivity contribution in [2.24, 2.45) is 0 Å². The number of nitrogens with one attached hydrogen (secondary N) is 1. The predicted octanol–water partition coefficient (Wildman–Crippen LogP) is 3.19. The third-order valence-corrected chi connectivity index (χ3v) is 5.70. The van der Waals surface area contributed by atoms with Crippen LogP contribution in [0.2, 0.25) is 0 Å². The lowest BCUT2D eigenvalue weighted by Crippen LogP contribution is -2.38. The minimum atomic E-state index is -0.471. The molecular formula is C25H22N2O5. The minimum absolute atomic E-state index is 0.119. The number of hydrogen-bond acceptors (Lipinski definition) is 5. The lowest BCUT2D eigenvalue weighted by atomic mass is 9.87. The largest absolute Gasteiger partial charge is 0.428 e. The van der Waals surface area contributed by atoms with E-state index in [0.29, 0.717) is 29.5 Å². The zero-order valence-corrected chi connectivity index (χ0v) is 18.0. The van der Waals surface area contributed by atoms with Gasteiger partial charge in [0.1, 0.15) is 5.75 Å². The SMILES string of the molecule is Cc1cccc(CCNC(=O)c2cc(C)c3c4c(ccc(OC=O)c24)C(=O)N(C)C3=O)c1. The Morgan fingerprint density at radius 1 is 1.06 bits per heavy atom. The Kier molecular flexibility index (Phi) is 5.48. The lowest BCUT2D eigenvalue weighted by Gasteiger charge is -2.26. The number of rotatable bonds is 6. The van der Waals surface area contributed by atoms with E-state index in [-0.39, 0.29) is 34.6 Å². The van der Waals surface area contributed by atoms with Gasteiger partial charge in [-0.25, -0.2) is 0 Å². The van der Waals surface area contributed by atoms with E-state index in [1.54, 1.807) is 13.0 Å². The van der Waals surface area contributed by atoms with Gasteiger partial charge in [-0.1, -0.05) is 29.8 Å². The minimum Gasteiger partial charge on any atom is -0.428 e. The van der Waals surface area contributed by atoms with Crippen LogP contribution in [0.1, 0.15) is 47.8 Å². The number of ether oxygens (including phenoxy) is 1. The Morgan fingerprint density at radius 2 is 1.84 bits per heavy atom. The monoisotopic (exact) mass is 430 g/mol. The summed E-state index contributed by atoms with van der Waals surface area (Å²) < 4.78 is 5.12. The molecular weight excluding hydrogens is 408 g/mol. The summed E-state index contributed by atoms with van der Waals surface area (Å²) in [5, 5.41) is 3.51. The van der Waals surface area contributed by atoms with Crippen LogP contribution in [0, 0.1) is 13.8 Å². The van der Waals surface area contributed by atoms with Gasteiger partial charge in [-0.15, -0.1) is 0 Å². The van der Waals surface area contributed by atoms with E-state index in [1.807, 2.05) is 25.1 Å². The van der Waals surface area contributed by atoms with Crippen LogP contribution in [0.3, 0.4) is 0 Å². The summed E-state index contributed by atoms with van der Waals surface area (Å²) >= 11 is 0. The van der Waals surface area contributed by atoms with Gasteiger partial charge in [0.2, 0.25) is 0 Å². The predicted molar refractivity (Wildman–Crippen MR) is 119 cm³/mol. The van der Waals surface area contributed by atoms with Gasteiger partial charge in [-0.3, -0.25) is 24.1 Å². The number of amides is 3. The van der Waals surface area contributed by atoms with E-state index in [2.05, 4.69) is 11.4 Å². The summed E-state index contributed by atoms with van der Waals surface area (Å²) in [6.07, 6.45) is 0.646. The number of carbonyl (C=O) groups is 4. The smallest absolute Gasteiger partial charge is 0.298 e. The molecule has 3 amide bonds. The molecule has 0 saturated heterocycles. The molecule has 0 saturated carbocycles. The van der Waals surface area contributed by atoms with Crippen molar-refractivity contribution >= 4 is 35.0 Å². The van der Waals surface area contributed by atoms with Crippen molar-refractivity contribution in [2.45, 2.75) is 20.3 Å². The standard InChI is InChI=1S/C25H22N2O5/c1-14-5-4-6-16(11-14)9-10-26-23(29)18-12-15(2)20-22-17(24(30)27(3)25(20)31)7-8-19(21(18)22)32-13-28/h4-8,11-13H,9-10H2,1-3H3,(H,26,29). The fourth-order valence-electron chi connectivity index (χ4n) is 4.18. The highest BCUT2D eigenvalue weighted by Gasteiger charge is 2.34. The maximum Gasteiger partial charge on any atom is 0.298 e. The molecule has 0 fully saturated rings. The van der Waals surface area contributed by atoms with E-state index < -0.39 is 11.8 Å². The quantitative estimate of drug-likeness (QED) is 0.479. The molecule has 0 aromatic heterocycles. The van der Waals surface area contributed by atoms with Crippen LogP contribution in [-0.2, 0) is 11.2 Å². The van der Waals surface area contributed by atoms with Gasteiger partial charge < -0.3 is 10.1 Å². The molecule has 1 aliphatic rings. The summed E-state index contributed by atoms with van der Waals surface area (Å²) in [5.41, 5.74) is 3.66. The molecule has 1 heterocycles. The Hall–Kier alpha value is -4.00. The van der Waals surface area contributed by atoms with Crippen molar-refractivity contribution in [1.29, 1.82) is 0 Å². The molecule has 0 radical (unpaired) electrons. The molecule has 0 unspecified atom stereocenters. The maximum atomic E-state index is 13.1. The molecule has 0 aliphatic carbocycles. The second-order valence-electron chi connectivity index (χ2n) is 7.86. The molecule has 3 aromatic rings. The average Bonchev–Trinajstić information content (AvgIpc) is 2.76. The van der Waals surface area contributed by atoms with Gasteiger partial charge in [-0.05, 0) is 49.6 Å². The summed E-state index contributed by atoms with van der Waals surface area (Å²) in [6, 6.07) is 12.6. The molecule has 0 bridgehead atoms. The Morgan fingerprint density at radius 3 is 2.56 bits per heavy atom. The first-order valence-corrected chi connectivity index (χ1v) is 10.2. The summed E-state index contributed by atoms with van der Waals surface area (Å²) in [7, 11) is 1.42. The highest BCUT2D eigenvalue weighted by molar-refractivity contribution is 6.29. The van der Waals surface area contributed by atoms with E-state index in [0.717, 1.165) is 16.0 Å². The van der Waals surface area contributed by atoms with Crippen LogP contribution < -0.4 is 10.1 Å². The first kappa shape index (κ1) is 21.2. The maximum absolute atomic E-state index is 13.1. The second kappa shape index (κ2) is 8.26. The van der Waals surface area contributed by atoms with Crippen LogP contribution in [0.5, 0.6) is 5.75 Å². The molecule has 3 aromatic carbocycles. The molecule has 4 rings (SSSR count). The molecule has 32 heavy (non-hydrogen) atoms. The highest BCUT2D eigenvalue weighted by atomic mass is 16.5. The van der Waals surface area contributed by atoms with Gasteiger partial charge in [-0.2, -0.15) is 0 Å². The zero-order chi connectivity index (χ0) is 23.0. The van der Waals surface area contributed by atoms with E-state index in [4.69, 9.17) is 4.74 Å². The van der Waals surface area contributed by atoms with Gasteiger partial charge in [0, 0.05) is 29.9 Å². The number of carbonyl (C=O) groups excluding carboxylic acids is 4. The van der Waals surface area contributed by atoms with E-state index in [9.17, 15) is 19.2 Å². The Bertz CT molecular complexity index is 1300. The highest BCUT2D eigenvalue weighted by Crippen LogP contribution is 2.39. The molecule has 162 valence electrons. The van der Waals surface area contributed by atoms with Crippen molar-refractivity contribution < 1.29 is 23.9 Å². The van der Waals surface area contributed by atoms with Crippen molar-refractivity contribution in [2.75, 3.05) is 13.6 Å². The number of benzene rings is 3. The average molecular weight is 430 g/mol. The van der Waals surface area contributed by atoms with E-state index >= 15 is 0 Å². The first-order chi connectivity index (χ1) is 15.3. The van der Waals surface area contributed by atoms with E-state index in [1.165, 1.54) is 19.2 Å². The van der Waals surface area contributed by atoms with Gasteiger partial charge in [0.05, 0.1) is 11.1 Å². The summed E-state index contributed by atoms with van der Waals surface area (Å²) in [4.78, 5) is 50.8. The molecule has 7 nitrogen and oxygen atoms in total. The van der Waals surface area contributed by atoms with Crippen LogP contribution >= 0.6 is 0 Å². The van der Waals surface area contributed by atoms with Crippen molar-refractivity contribution in [3.05, 3.63) is 75.8 Å². The van der Waals surface area contributed by atoms with Gasteiger partial charge in [0.15, 0.2) is 0 Å². The second-order valence-corrected chi connectivity index (χ2v) is 7.86. The van der Waals surface area contributed by atoms with Crippen molar-refractivity contribution in [1.82, 2.24) is 10.2 Å². The topological polar surface area (TPSA) is 92.8 Å². The van der Waals surface area contributed by atoms with Gasteiger partial charge >= 0.3 is 0 Å². The fraction of sp³-hybridized carbons (Fsp3) is 0.200. The van der Waals surface area contributed by atoms with Crippen molar-refractivity contribution in [3.8, 4) is 5.75 Å². The number of nitrogens with zero attached hydrogens (tertiary/aromatic N) is 1. The number of imide groups is 1. The third kappa shape index (κ3) is 3.51. The lowest BCUT2D eigenvalue weighted by molar-refractivity contribution is -0.120.